The molecule has 1 N–H and O–H groups in total. The lowest BCUT2D eigenvalue weighted by Gasteiger charge is -2.19. The lowest BCUT2D eigenvalue weighted by molar-refractivity contribution is 0.511. The highest BCUT2D eigenvalue weighted by Gasteiger charge is 2.11. The molecule has 0 spiro atoms. The molecule has 0 heterocycles. The summed E-state index contributed by atoms with van der Waals surface area (Å²) >= 11 is 2.05. The molecule has 0 aliphatic carbocycles. The van der Waals surface area contributed by atoms with Crippen LogP contribution in [0, 0.1) is 12.8 Å². The number of aryl methyl sites for hydroxylation is 1. The van der Waals surface area contributed by atoms with Crippen LogP contribution in [0.3, 0.4) is 0 Å². The lowest BCUT2D eigenvalue weighted by Crippen LogP contribution is -2.25. The normalized spacial score (nSPS) is 12.9. The second-order valence-electron chi connectivity index (χ2n) is 5.65. The van der Waals surface area contributed by atoms with Gasteiger partial charge in [-0.05, 0) is 48.8 Å². The number of hydrogen-bond donors (Lipinski definition) is 1. The highest BCUT2D eigenvalue weighted by Crippen LogP contribution is 2.22. The smallest absolute Gasteiger partial charge is 0.00205 e. The van der Waals surface area contributed by atoms with Crippen molar-refractivity contribution >= 4 is 11.8 Å². The number of rotatable bonds is 9. The molecule has 1 aromatic carbocycles. The minimum absolute atomic E-state index is 0.651. The summed E-state index contributed by atoms with van der Waals surface area (Å²) < 4.78 is 0. The van der Waals surface area contributed by atoms with Gasteiger partial charge in [-0.25, -0.2) is 0 Å². The third kappa shape index (κ3) is 7.03. The first kappa shape index (κ1) is 16.6. The van der Waals surface area contributed by atoms with E-state index in [1.807, 2.05) is 11.8 Å². The molecule has 0 aliphatic heterocycles. The van der Waals surface area contributed by atoms with Crippen molar-refractivity contribution in [2.24, 2.45) is 5.92 Å². The molecule has 1 rings (SSSR count). The first-order valence-corrected chi connectivity index (χ1v) is 8.64. The highest BCUT2D eigenvalue weighted by molar-refractivity contribution is 7.99. The summed E-state index contributed by atoms with van der Waals surface area (Å²) in [4.78, 5) is 0. The Hall–Kier alpha value is -0.470. The fraction of sp³-hybridized carbons (Fsp3) is 0.647. The molecule has 0 aromatic heterocycles. The van der Waals surface area contributed by atoms with Gasteiger partial charge in [-0.15, -0.1) is 0 Å². The Morgan fingerprint density at radius 1 is 1.21 bits per heavy atom. The summed E-state index contributed by atoms with van der Waals surface area (Å²) in [5.74, 6) is 3.86. The van der Waals surface area contributed by atoms with E-state index in [1.165, 1.54) is 29.1 Å². The second kappa shape index (κ2) is 9.44. The SMILES string of the molecule is CCSCCC(CNCC(C)C)c1cccc(C)c1. The second-order valence-corrected chi connectivity index (χ2v) is 7.04. The van der Waals surface area contributed by atoms with Crippen LogP contribution in [0.5, 0.6) is 0 Å². The molecule has 19 heavy (non-hydrogen) atoms. The fourth-order valence-electron chi connectivity index (χ4n) is 2.23. The van der Waals surface area contributed by atoms with Crippen LogP contribution in [0.2, 0.25) is 0 Å². The Balaban J connectivity index is 2.57. The van der Waals surface area contributed by atoms with Crippen molar-refractivity contribution in [2.75, 3.05) is 24.6 Å². The van der Waals surface area contributed by atoms with Gasteiger partial charge in [0.2, 0.25) is 0 Å². The Morgan fingerprint density at radius 2 is 2.00 bits per heavy atom. The lowest BCUT2D eigenvalue weighted by atomic mass is 9.95. The molecule has 0 amide bonds. The monoisotopic (exact) mass is 279 g/mol. The molecule has 1 nitrogen and oxygen atoms in total. The van der Waals surface area contributed by atoms with E-state index in [4.69, 9.17) is 0 Å². The Morgan fingerprint density at radius 3 is 2.63 bits per heavy atom. The molecule has 0 saturated carbocycles. The molecular weight excluding hydrogens is 250 g/mol. The van der Waals surface area contributed by atoms with Gasteiger partial charge in [0.05, 0.1) is 0 Å². The molecule has 108 valence electrons. The molecule has 1 unspecified atom stereocenters. The number of benzene rings is 1. The van der Waals surface area contributed by atoms with Crippen LogP contribution in [0.15, 0.2) is 24.3 Å². The maximum Gasteiger partial charge on any atom is 0.00205 e. The zero-order valence-corrected chi connectivity index (χ0v) is 13.7. The van der Waals surface area contributed by atoms with Crippen LogP contribution < -0.4 is 5.32 Å². The average molecular weight is 279 g/mol. The van der Waals surface area contributed by atoms with E-state index in [1.54, 1.807) is 0 Å². The van der Waals surface area contributed by atoms with Crippen molar-refractivity contribution in [3.8, 4) is 0 Å². The largest absolute Gasteiger partial charge is 0.316 e. The molecule has 0 bridgehead atoms. The third-order valence-corrected chi connectivity index (χ3v) is 4.20. The van der Waals surface area contributed by atoms with Crippen LogP contribution in [0.25, 0.3) is 0 Å². The minimum atomic E-state index is 0.651. The van der Waals surface area contributed by atoms with E-state index in [2.05, 4.69) is 57.3 Å². The van der Waals surface area contributed by atoms with Crippen molar-refractivity contribution < 1.29 is 0 Å². The van der Waals surface area contributed by atoms with E-state index in [0.717, 1.165) is 19.0 Å². The maximum atomic E-state index is 3.62. The van der Waals surface area contributed by atoms with Gasteiger partial charge in [-0.2, -0.15) is 11.8 Å². The standard InChI is InChI=1S/C17H29NS/c1-5-19-10-9-17(13-18-12-14(2)3)16-8-6-7-15(4)11-16/h6-8,11,14,17-18H,5,9-10,12-13H2,1-4H3. The van der Waals surface area contributed by atoms with Crippen LogP contribution in [0.4, 0.5) is 0 Å². The average Bonchev–Trinajstić information content (AvgIpc) is 2.37. The van der Waals surface area contributed by atoms with Gasteiger partial charge in [-0.3, -0.25) is 0 Å². The maximum absolute atomic E-state index is 3.62. The van der Waals surface area contributed by atoms with Gasteiger partial charge in [0.15, 0.2) is 0 Å². The molecular formula is C17H29NS. The number of hydrogen-bond acceptors (Lipinski definition) is 2. The summed E-state index contributed by atoms with van der Waals surface area (Å²) in [7, 11) is 0. The van der Waals surface area contributed by atoms with Crippen LogP contribution in [-0.2, 0) is 0 Å². The predicted octanol–water partition coefficient (Wildman–Crippen LogP) is 4.47. The van der Waals surface area contributed by atoms with Crippen LogP contribution >= 0.6 is 11.8 Å². The molecule has 0 aliphatic rings. The third-order valence-electron chi connectivity index (χ3n) is 3.27. The van der Waals surface area contributed by atoms with Crippen molar-refractivity contribution in [3.63, 3.8) is 0 Å². The first-order valence-electron chi connectivity index (χ1n) is 7.48. The van der Waals surface area contributed by atoms with E-state index in [0.29, 0.717) is 5.92 Å². The predicted molar refractivity (Wildman–Crippen MR) is 89.2 cm³/mol. The van der Waals surface area contributed by atoms with Crippen LogP contribution in [0.1, 0.15) is 44.2 Å². The quantitative estimate of drug-likeness (QED) is 0.669. The van der Waals surface area contributed by atoms with Gasteiger partial charge in [0.1, 0.15) is 0 Å². The molecule has 0 radical (unpaired) electrons. The Bertz CT molecular complexity index is 349. The van der Waals surface area contributed by atoms with E-state index in [9.17, 15) is 0 Å². The summed E-state index contributed by atoms with van der Waals surface area (Å²) in [6.07, 6.45) is 1.27. The molecule has 0 saturated heterocycles. The molecule has 1 aromatic rings. The van der Waals surface area contributed by atoms with Gasteiger partial charge < -0.3 is 5.32 Å². The number of thioether (sulfide) groups is 1. The Labute approximate surface area is 123 Å². The van der Waals surface area contributed by atoms with E-state index < -0.39 is 0 Å². The minimum Gasteiger partial charge on any atom is -0.316 e. The van der Waals surface area contributed by atoms with Crippen LogP contribution in [-0.4, -0.2) is 24.6 Å². The summed E-state index contributed by atoms with van der Waals surface area (Å²) in [6, 6.07) is 9.00. The van der Waals surface area contributed by atoms with Crippen molar-refractivity contribution in [1.82, 2.24) is 5.32 Å². The molecule has 1 atom stereocenters. The van der Waals surface area contributed by atoms with Gasteiger partial charge >= 0.3 is 0 Å². The van der Waals surface area contributed by atoms with Gasteiger partial charge in [0.25, 0.3) is 0 Å². The van der Waals surface area contributed by atoms with E-state index in [-0.39, 0.29) is 0 Å². The first-order chi connectivity index (χ1) is 9.13. The fourth-order valence-corrected chi connectivity index (χ4v) is 2.97. The zero-order chi connectivity index (χ0) is 14.1. The van der Waals surface area contributed by atoms with E-state index >= 15 is 0 Å². The van der Waals surface area contributed by atoms with Gasteiger partial charge in [0, 0.05) is 6.54 Å². The Kier molecular flexibility index (Phi) is 8.24. The van der Waals surface area contributed by atoms with Crippen molar-refractivity contribution in [2.45, 2.75) is 40.0 Å². The van der Waals surface area contributed by atoms with Gasteiger partial charge in [-0.1, -0.05) is 50.6 Å². The molecule has 0 fully saturated rings. The molecule has 2 heteroatoms. The van der Waals surface area contributed by atoms with Crippen molar-refractivity contribution in [3.05, 3.63) is 35.4 Å². The summed E-state index contributed by atoms with van der Waals surface area (Å²) in [5, 5.41) is 3.62. The number of nitrogens with one attached hydrogen (secondary N) is 1. The summed E-state index contributed by atoms with van der Waals surface area (Å²) in [6.45, 7) is 11.2. The zero-order valence-electron chi connectivity index (χ0n) is 12.9. The summed E-state index contributed by atoms with van der Waals surface area (Å²) in [5.41, 5.74) is 2.86. The topological polar surface area (TPSA) is 12.0 Å². The van der Waals surface area contributed by atoms with Crippen molar-refractivity contribution in [1.29, 1.82) is 0 Å². The highest BCUT2D eigenvalue weighted by atomic mass is 32.2.